The molecule has 1 aromatic heterocycles. The maximum Gasteiger partial charge on any atom is 0.308 e. The van der Waals surface area contributed by atoms with E-state index in [1.54, 1.807) is 0 Å². The highest BCUT2D eigenvalue weighted by molar-refractivity contribution is 5.72. The van der Waals surface area contributed by atoms with Crippen molar-refractivity contribution in [3.8, 4) is 0 Å². The molecule has 1 aromatic rings. The number of carbonyl (C=O) groups is 1. The van der Waals surface area contributed by atoms with E-state index in [4.69, 9.17) is 9.47 Å². The number of ether oxygens (including phenoxy) is 2. The lowest BCUT2D eigenvalue weighted by molar-refractivity contribution is -0.145. The van der Waals surface area contributed by atoms with E-state index in [0.29, 0.717) is 13.2 Å². The van der Waals surface area contributed by atoms with Crippen molar-refractivity contribution in [2.75, 3.05) is 13.7 Å². The van der Waals surface area contributed by atoms with Crippen LogP contribution in [0.5, 0.6) is 0 Å². The molecule has 0 N–H and O–H groups in total. The summed E-state index contributed by atoms with van der Waals surface area (Å²) in [5.41, 5.74) is 0. The lowest BCUT2D eigenvalue weighted by Gasteiger charge is -2.10. The highest BCUT2D eigenvalue weighted by Gasteiger charge is 2.25. The maximum atomic E-state index is 11.6. The molecule has 0 bridgehead atoms. The Morgan fingerprint density at radius 2 is 2.28 bits per heavy atom. The molecule has 0 spiro atoms. The second-order valence-electron chi connectivity index (χ2n) is 4.37. The van der Waals surface area contributed by atoms with E-state index in [-0.39, 0.29) is 11.9 Å². The van der Waals surface area contributed by atoms with Crippen LogP contribution in [0.3, 0.4) is 0 Å². The monoisotopic (exact) mass is 253 g/mol. The Kier molecular flexibility index (Phi) is 4.30. The molecular formula is C12H19N3O3. The SMILES string of the molecule is CCOCc1nnc2n1CCC(C(=O)OC)CC2. The van der Waals surface area contributed by atoms with Crippen LogP contribution in [0.25, 0.3) is 0 Å². The fourth-order valence-electron chi connectivity index (χ4n) is 2.25. The van der Waals surface area contributed by atoms with Crippen LogP contribution in [0.2, 0.25) is 0 Å². The second-order valence-corrected chi connectivity index (χ2v) is 4.37. The number of aryl methyl sites for hydroxylation is 1. The number of hydrogen-bond donors (Lipinski definition) is 0. The van der Waals surface area contributed by atoms with Crippen LogP contribution in [-0.4, -0.2) is 34.5 Å². The number of carbonyl (C=O) groups excluding carboxylic acids is 1. The molecule has 1 aliphatic rings. The van der Waals surface area contributed by atoms with E-state index < -0.39 is 0 Å². The van der Waals surface area contributed by atoms with Gasteiger partial charge in [-0.2, -0.15) is 0 Å². The molecule has 6 nitrogen and oxygen atoms in total. The van der Waals surface area contributed by atoms with Crippen LogP contribution in [-0.2, 0) is 33.8 Å². The quantitative estimate of drug-likeness (QED) is 0.747. The van der Waals surface area contributed by atoms with Crippen molar-refractivity contribution >= 4 is 5.97 Å². The molecular weight excluding hydrogens is 234 g/mol. The largest absolute Gasteiger partial charge is 0.469 e. The first-order chi connectivity index (χ1) is 8.76. The molecule has 0 amide bonds. The molecule has 2 heterocycles. The number of fused-ring (bicyclic) bond motifs is 1. The first kappa shape index (κ1) is 13.0. The zero-order valence-corrected chi connectivity index (χ0v) is 10.9. The lowest BCUT2D eigenvalue weighted by atomic mass is 10.0. The highest BCUT2D eigenvalue weighted by Crippen LogP contribution is 2.21. The highest BCUT2D eigenvalue weighted by atomic mass is 16.5. The summed E-state index contributed by atoms with van der Waals surface area (Å²) in [6, 6.07) is 0. The topological polar surface area (TPSA) is 66.2 Å². The smallest absolute Gasteiger partial charge is 0.308 e. The van der Waals surface area contributed by atoms with Crippen LogP contribution in [0.15, 0.2) is 0 Å². The predicted molar refractivity (Wildman–Crippen MR) is 63.8 cm³/mol. The van der Waals surface area contributed by atoms with E-state index >= 15 is 0 Å². The van der Waals surface area contributed by atoms with Gasteiger partial charge in [-0.05, 0) is 19.8 Å². The summed E-state index contributed by atoms with van der Waals surface area (Å²) in [6.07, 6.45) is 2.31. The Hall–Kier alpha value is -1.43. The van der Waals surface area contributed by atoms with Gasteiger partial charge in [0, 0.05) is 19.6 Å². The van der Waals surface area contributed by atoms with Gasteiger partial charge in [0.15, 0.2) is 5.82 Å². The predicted octanol–water partition coefficient (Wildman–Crippen LogP) is 0.940. The molecule has 0 saturated carbocycles. The maximum absolute atomic E-state index is 11.6. The van der Waals surface area contributed by atoms with Gasteiger partial charge in [0.05, 0.1) is 13.0 Å². The molecule has 18 heavy (non-hydrogen) atoms. The molecule has 0 radical (unpaired) electrons. The standard InChI is InChI=1S/C12H19N3O3/c1-3-18-8-11-14-13-10-5-4-9(12(16)17-2)6-7-15(10)11/h9H,3-8H2,1-2H3. The average molecular weight is 253 g/mol. The minimum atomic E-state index is -0.125. The van der Waals surface area contributed by atoms with E-state index in [9.17, 15) is 4.79 Å². The van der Waals surface area contributed by atoms with E-state index in [1.807, 2.05) is 6.92 Å². The summed E-state index contributed by atoms with van der Waals surface area (Å²) in [4.78, 5) is 11.6. The minimum absolute atomic E-state index is 0.0309. The molecule has 2 rings (SSSR count). The van der Waals surface area contributed by atoms with Crippen molar-refractivity contribution in [2.45, 2.75) is 39.3 Å². The van der Waals surface area contributed by atoms with Gasteiger partial charge in [0.2, 0.25) is 0 Å². The van der Waals surface area contributed by atoms with Gasteiger partial charge in [-0.15, -0.1) is 10.2 Å². The van der Waals surface area contributed by atoms with Gasteiger partial charge < -0.3 is 14.0 Å². The summed E-state index contributed by atoms with van der Waals surface area (Å²) in [7, 11) is 1.44. The summed E-state index contributed by atoms with van der Waals surface area (Å²) >= 11 is 0. The minimum Gasteiger partial charge on any atom is -0.469 e. The second kappa shape index (κ2) is 5.95. The molecule has 1 atom stereocenters. The van der Waals surface area contributed by atoms with E-state index in [2.05, 4.69) is 14.8 Å². The van der Waals surface area contributed by atoms with Crippen LogP contribution in [0.1, 0.15) is 31.4 Å². The Bertz CT molecular complexity index is 417. The summed E-state index contributed by atoms with van der Waals surface area (Å²) in [5, 5.41) is 8.31. The third-order valence-electron chi connectivity index (χ3n) is 3.29. The summed E-state index contributed by atoms with van der Waals surface area (Å²) < 4.78 is 12.2. The number of esters is 1. The van der Waals surface area contributed by atoms with Crippen molar-refractivity contribution < 1.29 is 14.3 Å². The van der Waals surface area contributed by atoms with Gasteiger partial charge in [-0.3, -0.25) is 4.79 Å². The molecule has 0 saturated heterocycles. The van der Waals surface area contributed by atoms with Crippen molar-refractivity contribution in [2.24, 2.45) is 5.92 Å². The van der Waals surface area contributed by atoms with Crippen LogP contribution in [0.4, 0.5) is 0 Å². The Labute approximate surface area is 106 Å². The Morgan fingerprint density at radius 3 is 3.00 bits per heavy atom. The lowest BCUT2D eigenvalue weighted by Crippen LogP contribution is -2.17. The number of nitrogens with zero attached hydrogens (tertiary/aromatic N) is 3. The molecule has 6 heteroatoms. The van der Waals surface area contributed by atoms with Crippen molar-refractivity contribution in [1.29, 1.82) is 0 Å². The molecule has 100 valence electrons. The van der Waals surface area contributed by atoms with Gasteiger partial charge >= 0.3 is 5.97 Å². The van der Waals surface area contributed by atoms with Crippen molar-refractivity contribution in [3.63, 3.8) is 0 Å². The molecule has 0 aromatic carbocycles. The third kappa shape index (κ3) is 2.69. The summed E-state index contributed by atoms with van der Waals surface area (Å²) in [5.74, 6) is 1.63. The van der Waals surface area contributed by atoms with Crippen LogP contribution < -0.4 is 0 Å². The van der Waals surface area contributed by atoms with Gasteiger partial charge in [-0.1, -0.05) is 0 Å². The first-order valence-electron chi connectivity index (χ1n) is 6.32. The number of rotatable bonds is 4. The van der Waals surface area contributed by atoms with E-state index in [1.165, 1.54) is 7.11 Å². The first-order valence-corrected chi connectivity index (χ1v) is 6.32. The third-order valence-corrected chi connectivity index (χ3v) is 3.29. The van der Waals surface area contributed by atoms with Gasteiger partial charge in [-0.25, -0.2) is 0 Å². The number of hydrogen-bond acceptors (Lipinski definition) is 5. The zero-order valence-electron chi connectivity index (χ0n) is 10.9. The normalized spacial score (nSPS) is 19.1. The molecule has 1 unspecified atom stereocenters. The number of aromatic nitrogens is 3. The van der Waals surface area contributed by atoms with Crippen LogP contribution >= 0.6 is 0 Å². The average Bonchev–Trinajstić information content (AvgIpc) is 2.65. The Morgan fingerprint density at radius 1 is 1.44 bits per heavy atom. The fourth-order valence-corrected chi connectivity index (χ4v) is 2.25. The summed E-state index contributed by atoms with van der Waals surface area (Å²) in [6.45, 7) is 3.84. The van der Waals surface area contributed by atoms with Crippen LogP contribution in [0, 0.1) is 5.92 Å². The van der Waals surface area contributed by atoms with Crippen molar-refractivity contribution in [1.82, 2.24) is 14.8 Å². The molecule has 0 fully saturated rings. The fraction of sp³-hybridized carbons (Fsp3) is 0.750. The van der Waals surface area contributed by atoms with E-state index in [0.717, 1.165) is 37.5 Å². The number of methoxy groups -OCH3 is 1. The van der Waals surface area contributed by atoms with Crippen molar-refractivity contribution in [3.05, 3.63) is 11.6 Å². The van der Waals surface area contributed by atoms with Gasteiger partial charge in [0.25, 0.3) is 0 Å². The van der Waals surface area contributed by atoms with Gasteiger partial charge in [0.1, 0.15) is 12.4 Å². The molecule has 0 aliphatic carbocycles. The molecule has 1 aliphatic heterocycles. The zero-order chi connectivity index (χ0) is 13.0. The Balaban J connectivity index is 2.06.